The number of carbonyl (C=O) groups is 1. The molecule has 1 saturated heterocycles. The zero-order chi connectivity index (χ0) is 14.2. The number of amides is 1. The van der Waals surface area contributed by atoms with Crippen molar-refractivity contribution in [2.45, 2.75) is 19.3 Å². The van der Waals surface area contributed by atoms with Crippen molar-refractivity contribution in [3.8, 4) is 0 Å². The van der Waals surface area contributed by atoms with E-state index >= 15 is 0 Å². The van der Waals surface area contributed by atoms with Crippen molar-refractivity contribution < 1.29 is 4.79 Å². The number of nitrogens with one attached hydrogen (secondary N) is 2. The van der Waals surface area contributed by atoms with E-state index in [4.69, 9.17) is 0 Å². The summed E-state index contributed by atoms with van der Waals surface area (Å²) in [6.07, 6.45) is 6.87. The third-order valence-corrected chi connectivity index (χ3v) is 4.28. The van der Waals surface area contributed by atoms with Crippen LogP contribution >= 0.6 is 0 Å². The molecule has 2 N–H and O–H groups in total. The number of fused-ring (bicyclic) bond motifs is 1. The van der Waals surface area contributed by atoms with Crippen LogP contribution in [0.25, 0.3) is 16.6 Å². The number of nitrogens with zero attached hydrogens (tertiary/aromatic N) is 2. The quantitative estimate of drug-likeness (QED) is 0.886. The highest BCUT2D eigenvalue weighted by Crippen LogP contribution is 2.29. The van der Waals surface area contributed by atoms with Crippen LogP contribution in [0.3, 0.4) is 0 Å². The summed E-state index contributed by atoms with van der Waals surface area (Å²) in [4.78, 5) is 21.5. The molecule has 0 radical (unpaired) electrons. The van der Waals surface area contributed by atoms with Crippen molar-refractivity contribution in [3.05, 3.63) is 30.0 Å². The minimum atomic E-state index is 0.176. The maximum absolute atomic E-state index is 11.8. The summed E-state index contributed by atoms with van der Waals surface area (Å²) in [7, 11) is 0. The molecule has 0 saturated carbocycles. The molecule has 108 valence electrons. The third-order valence-electron chi connectivity index (χ3n) is 4.28. The predicted molar refractivity (Wildman–Crippen MR) is 83.1 cm³/mol. The van der Waals surface area contributed by atoms with Gasteiger partial charge in [0.05, 0.1) is 0 Å². The Bertz CT molecular complexity index is 731. The van der Waals surface area contributed by atoms with Crippen molar-refractivity contribution in [2.75, 3.05) is 24.5 Å². The second-order valence-corrected chi connectivity index (χ2v) is 5.60. The second-order valence-electron chi connectivity index (χ2n) is 5.60. The molecule has 21 heavy (non-hydrogen) atoms. The zero-order valence-corrected chi connectivity index (χ0v) is 11.9. The van der Waals surface area contributed by atoms with E-state index in [1.807, 2.05) is 12.3 Å². The van der Waals surface area contributed by atoms with Crippen LogP contribution in [0.5, 0.6) is 0 Å². The van der Waals surface area contributed by atoms with Crippen LogP contribution in [-0.4, -0.2) is 35.5 Å². The maximum atomic E-state index is 11.8. The van der Waals surface area contributed by atoms with Crippen LogP contribution in [0, 0.1) is 0 Å². The topological polar surface area (TPSA) is 61.0 Å². The molecule has 4 rings (SSSR count). The van der Waals surface area contributed by atoms with Gasteiger partial charge in [-0.05, 0) is 37.1 Å². The molecular weight excluding hydrogens is 264 g/mol. The van der Waals surface area contributed by atoms with Gasteiger partial charge in [0, 0.05) is 36.7 Å². The van der Waals surface area contributed by atoms with Gasteiger partial charge < -0.3 is 10.3 Å². The van der Waals surface area contributed by atoms with Gasteiger partial charge in [-0.25, -0.2) is 4.98 Å². The van der Waals surface area contributed by atoms with Crippen molar-refractivity contribution in [1.82, 2.24) is 15.3 Å². The summed E-state index contributed by atoms with van der Waals surface area (Å²) in [5.74, 6) is 0.937. The Morgan fingerprint density at radius 3 is 2.95 bits per heavy atom. The summed E-state index contributed by atoms with van der Waals surface area (Å²) in [5.41, 5.74) is 3.46. The van der Waals surface area contributed by atoms with Crippen LogP contribution in [0.1, 0.15) is 24.8 Å². The van der Waals surface area contributed by atoms with E-state index in [-0.39, 0.29) is 5.91 Å². The average molecular weight is 282 g/mol. The first-order valence-electron chi connectivity index (χ1n) is 7.51. The largest absolute Gasteiger partial charge is 0.345 e. The fraction of sp³-hybridized carbons (Fsp3) is 0.375. The summed E-state index contributed by atoms with van der Waals surface area (Å²) < 4.78 is 0. The van der Waals surface area contributed by atoms with E-state index in [1.54, 1.807) is 4.90 Å². The number of carbonyl (C=O) groups excluding carboxylic acids is 1. The number of pyridine rings is 1. The zero-order valence-electron chi connectivity index (χ0n) is 11.9. The molecule has 0 unspecified atom stereocenters. The summed E-state index contributed by atoms with van der Waals surface area (Å²) in [5, 5.41) is 4.47. The molecule has 0 atom stereocenters. The number of aromatic amines is 1. The van der Waals surface area contributed by atoms with Crippen LogP contribution < -0.4 is 10.2 Å². The molecule has 0 spiro atoms. The molecule has 5 heteroatoms. The van der Waals surface area contributed by atoms with Gasteiger partial charge in [-0.2, -0.15) is 0 Å². The van der Waals surface area contributed by atoms with Crippen molar-refractivity contribution >= 4 is 28.3 Å². The van der Waals surface area contributed by atoms with Gasteiger partial charge in [0.2, 0.25) is 5.91 Å². The van der Waals surface area contributed by atoms with E-state index < -0.39 is 0 Å². The van der Waals surface area contributed by atoms with Gasteiger partial charge >= 0.3 is 0 Å². The predicted octanol–water partition coefficient (Wildman–Crippen LogP) is 2.07. The molecule has 0 aromatic carbocycles. The van der Waals surface area contributed by atoms with Gasteiger partial charge in [-0.3, -0.25) is 9.69 Å². The third kappa shape index (κ3) is 2.14. The van der Waals surface area contributed by atoms with Crippen LogP contribution in [-0.2, 0) is 4.79 Å². The van der Waals surface area contributed by atoms with Gasteiger partial charge in [0.15, 0.2) is 0 Å². The Kier molecular flexibility index (Phi) is 3.00. The first kappa shape index (κ1) is 12.6. The fourth-order valence-corrected chi connectivity index (χ4v) is 3.17. The molecule has 2 aliphatic heterocycles. The van der Waals surface area contributed by atoms with Crippen LogP contribution in [0.2, 0.25) is 0 Å². The van der Waals surface area contributed by atoms with Crippen molar-refractivity contribution in [3.63, 3.8) is 0 Å². The minimum absolute atomic E-state index is 0.176. The first-order valence-corrected chi connectivity index (χ1v) is 7.51. The molecule has 2 aliphatic rings. The molecule has 1 fully saturated rings. The summed E-state index contributed by atoms with van der Waals surface area (Å²) in [6, 6.07) is 4.04. The number of hydrogen-bond acceptors (Lipinski definition) is 3. The normalized spacial score (nSPS) is 19.3. The number of rotatable bonds is 2. The lowest BCUT2D eigenvalue weighted by Gasteiger charge is -2.15. The molecule has 1 amide bonds. The highest BCUT2D eigenvalue weighted by Gasteiger charge is 2.23. The highest BCUT2D eigenvalue weighted by molar-refractivity contribution is 5.97. The van der Waals surface area contributed by atoms with E-state index in [2.05, 4.69) is 27.4 Å². The molecule has 4 heterocycles. The molecule has 0 aliphatic carbocycles. The molecule has 0 bridgehead atoms. The Labute approximate surface area is 123 Å². The lowest BCUT2D eigenvalue weighted by atomic mass is 10.0. The number of anilines is 1. The minimum Gasteiger partial charge on any atom is -0.345 e. The standard InChI is InChI=1S/C16H18N4O/c21-15-2-1-9-20(15)14-4-3-12-13(10-18-16(12)19-14)11-5-7-17-8-6-11/h3-5,10,17H,1-2,6-9H2,(H,18,19). The Hall–Kier alpha value is -2.14. The van der Waals surface area contributed by atoms with E-state index in [0.29, 0.717) is 6.42 Å². The SMILES string of the molecule is O=C1CCCN1c1ccc2c(C3=CCNCC3)c[nH]c2n1. The Balaban J connectivity index is 1.73. The van der Waals surface area contributed by atoms with E-state index in [1.165, 1.54) is 11.1 Å². The van der Waals surface area contributed by atoms with Gasteiger partial charge in [0.25, 0.3) is 0 Å². The van der Waals surface area contributed by atoms with Gasteiger partial charge in [-0.1, -0.05) is 6.08 Å². The second kappa shape index (κ2) is 5.00. The number of aromatic nitrogens is 2. The Morgan fingerprint density at radius 1 is 1.24 bits per heavy atom. The molecule has 5 nitrogen and oxygen atoms in total. The smallest absolute Gasteiger partial charge is 0.228 e. The summed E-state index contributed by atoms with van der Waals surface area (Å²) >= 11 is 0. The molecule has 2 aromatic rings. The summed E-state index contributed by atoms with van der Waals surface area (Å²) in [6.45, 7) is 2.73. The van der Waals surface area contributed by atoms with Crippen molar-refractivity contribution in [2.24, 2.45) is 0 Å². The molecular formula is C16H18N4O. The lowest BCUT2D eigenvalue weighted by Crippen LogP contribution is -2.24. The number of H-pyrrole nitrogens is 1. The van der Waals surface area contributed by atoms with E-state index in [0.717, 1.165) is 49.3 Å². The first-order chi connectivity index (χ1) is 10.3. The monoisotopic (exact) mass is 282 g/mol. The van der Waals surface area contributed by atoms with Crippen molar-refractivity contribution in [1.29, 1.82) is 0 Å². The fourth-order valence-electron chi connectivity index (χ4n) is 3.17. The van der Waals surface area contributed by atoms with Crippen LogP contribution in [0.4, 0.5) is 5.82 Å². The van der Waals surface area contributed by atoms with Crippen LogP contribution in [0.15, 0.2) is 24.4 Å². The maximum Gasteiger partial charge on any atom is 0.228 e. The van der Waals surface area contributed by atoms with Gasteiger partial charge in [-0.15, -0.1) is 0 Å². The lowest BCUT2D eigenvalue weighted by molar-refractivity contribution is -0.117. The highest BCUT2D eigenvalue weighted by atomic mass is 16.2. The molecule has 2 aromatic heterocycles. The number of hydrogen-bond donors (Lipinski definition) is 2. The average Bonchev–Trinajstić information content (AvgIpc) is 3.13. The van der Waals surface area contributed by atoms with E-state index in [9.17, 15) is 4.79 Å². The Morgan fingerprint density at radius 2 is 2.19 bits per heavy atom. The van der Waals surface area contributed by atoms with Gasteiger partial charge in [0.1, 0.15) is 11.5 Å².